The van der Waals surface area contributed by atoms with Crippen LogP contribution in [-0.2, 0) is 11.3 Å². The number of aryl methyl sites for hydroxylation is 1. The summed E-state index contributed by atoms with van der Waals surface area (Å²) in [6, 6.07) is 6.77. The number of aromatic nitrogens is 2. The van der Waals surface area contributed by atoms with Crippen LogP contribution in [0.15, 0.2) is 33.9 Å². The Labute approximate surface area is 115 Å². The molecule has 1 unspecified atom stereocenters. The molecule has 1 saturated carbocycles. The molecule has 104 valence electrons. The smallest absolute Gasteiger partial charge is 0.273 e. The van der Waals surface area contributed by atoms with E-state index in [1.165, 1.54) is 4.68 Å². The lowest BCUT2D eigenvalue weighted by Gasteiger charge is -2.10. The van der Waals surface area contributed by atoms with Crippen molar-refractivity contribution in [3.8, 4) is 0 Å². The van der Waals surface area contributed by atoms with Crippen LogP contribution in [0.4, 0.5) is 0 Å². The van der Waals surface area contributed by atoms with Crippen molar-refractivity contribution < 1.29 is 4.79 Å². The first-order valence-electron chi connectivity index (χ1n) is 6.91. The molecule has 0 radical (unpaired) electrons. The third-order valence-corrected chi connectivity index (χ3v) is 4.02. The lowest BCUT2D eigenvalue weighted by Crippen LogP contribution is -2.30. The van der Waals surface area contributed by atoms with Crippen LogP contribution in [0.5, 0.6) is 0 Å². The summed E-state index contributed by atoms with van der Waals surface area (Å²) in [4.78, 5) is 35.8. The highest BCUT2D eigenvalue weighted by atomic mass is 16.2. The second-order valence-corrected chi connectivity index (χ2v) is 5.29. The Hall–Kier alpha value is -2.17. The van der Waals surface area contributed by atoms with Crippen molar-refractivity contribution in [2.24, 2.45) is 5.92 Å². The van der Waals surface area contributed by atoms with Gasteiger partial charge in [0.15, 0.2) is 0 Å². The van der Waals surface area contributed by atoms with Crippen molar-refractivity contribution in [1.29, 1.82) is 0 Å². The average Bonchev–Trinajstić information content (AvgIpc) is 2.87. The van der Waals surface area contributed by atoms with E-state index in [1.807, 2.05) is 0 Å². The van der Waals surface area contributed by atoms with E-state index in [9.17, 15) is 14.4 Å². The lowest BCUT2D eigenvalue weighted by atomic mass is 10.0. The fraction of sp³-hybridized carbons (Fsp3) is 0.400. The molecule has 0 bridgehead atoms. The number of H-pyrrole nitrogens is 1. The predicted octanol–water partition coefficient (Wildman–Crippen LogP) is 1.45. The van der Waals surface area contributed by atoms with E-state index < -0.39 is 0 Å². The third-order valence-electron chi connectivity index (χ3n) is 4.02. The molecule has 3 rings (SSSR count). The second-order valence-electron chi connectivity index (χ2n) is 5.29. The van der Waals surface area contributed by atoms with E-state index in [1.54, 1.807) is 24.3 Å². The van der Waals surface area contributed by atoms with Crippen molar-refractivity contribution in [3.63, 3.8) is 0 Å². The molecule has 0 aliphatic heterocycles. The zero-order chi connectivity index (χ0) is 14.1. The van der Waals surface area contributed by atoms with Crippen LogP contribution in [0, 0.1) is 5.92 Å². The number of benzene rings is 1. The van der Waals surface area contributed by atoms with E-state index in [-0.39, 0.29) is 22.8 Å². The Bertz CT molecular complexity index is 773. The minimum absolute atomic E-state index is 0.0388. The molecule has 0 amide bonds. The summed E-state index contributed by atoms with van der Waals surface area (Å²) < 4.78 is 1.33. The van der Waals surface area contributed by atoms with Crippen LogP contribution in [0.3, 0.4) is 0 Å². The topological polar surface area (TPSA) is 71.9 Å². The summed E-state index contributed by atoms with van der Waals surface area (Å²) in [6.45, 7) is 0.384. The molecule has 1 atom stereocenters. The number of carbonyl (C=O) groups excluding carboxylic acids is 1. The number of Topliss-reactive ketones (excluding diaryl/α,β-unsaturated/α-hetero) is 1. The van der Waals surface area contributed by atoms with Crippen LogP contribution < -0.4 is 11.1 Å². The Morgan fingerprint density at radius 2 is 1.90 bits per heavy atom. The third kappa shape index (κ3) is 2.19. The molecule has 1 heterocycles. The fourth-order valence-electron chi connectivity index (χ4n) is 2.88. The van der Waals surface area contributed by atoms with Gasteiger partial charge in [-0.1, -0.05) is 12.1 Å². The van der Waals surface area contributed by atoms with Crippen LogP contribution in [-0.4, -0.2) is 15.6 Å². The summed E-state index contributed by atoms with van der Waals surface area (Å²) in [7, 11) is 0. The maximum Gasteiger partial charge on any atom is 0.273 e. The standard InChI is InChI=1S/C15H16N2O3/c18-13-7-3-4-10(13)8-9-17-15(20)12-6-2-1-5-11(12)14(19)16-17/h1-2,5-6,10H,3-4,7-9H2,(H,16,19). The van der Waals surface area contributed by atoms with Gasteiger partial charge in [-0.25, -0.2) is 4.68 Å². The van der Waals surface area contributed by atoms with E-state index in [0.717, 1.165) is 12.8 Å². The number of nitrogens with zero attached hydrogens (tertiary/aromatic N) is 1. The van der Waals surface area contributed by atoms with Crippen molar-refractivity contribution in [1.82, 2.24) is 9.78 Å². The molecule has 0 spiro atoms. The Balaban J connectivity index is 1.92. The number of hydrogen-bond donors (Lipinski definition) is 1. The van der Waals surface area contributed by atoms with Gasteiger partial charge in [-0.2, -0.15) is 0 Å². The maximum atomic E-state index is 12.3. The van der Waals surface area contributed by atoms with Gasteiger partial charge in [0.05, 0.1) is 10.8 Å². The van der Waals surface area contributed by atoms with Crippen molar-refractivity contribution in [2.45, 2.75) is 32.2 Å². The largest absolute Gasteiger partial charge is 0.299 e. The van der Waals surface area contributed by atoms with E-state index >= 15 is 0 Å². The van der Waals surface area contributed by atoms with Gasteiger partial charge < -0.3 is 0 Å². The van der Waals surface area contributed by atoms with Crippen LogP contribution in [0.1, 0.15) is 25.7 Å². The first-order valence-corrected chi connectivity index (χ1v) is 6.91. The van der Waals surface area contributed by atoms with E-state index in [2.05, 4.69) is 5.10 Å². The van der Waals surface area contributed by atoms with Crippen LogP contribution >= 0.6 is 0 Å². The van der Waals surface area contributed by atoms with Crippen LogP contribution in [0.25, 0.3) is 10.8 Å². The molecule has 1 aliphatic carbocycles. The molecule has 2 aromatic rings. The van der Waals surface area contributed by atoms with Crippen molar-refractivity contribution in [2.75, 3.05) is 0 Å². The summed E-state index contributed by atoms with van der Waals surface area (Å²) in [5, 5.41) is 3.43. The quantitative estimate of drug-likeness (QED) is 0.919. The first kappa shape index (κ1) is 12.8. The molecular formula is C15H16N2O3. The molecule has 1 aliphatic rings. The Morgan fingerprint density at radius 1 is 1.15 bits per heavy atom. The summed E-state index contributed by atoms with van der Waals surface area (Å²) in [5.74, 6) is 0.318. The molecular weight excluding hydrogens is 256 g/mol. The fourth-order valence-corrected chi connectivity index (χ4v) is 2.88. The van der Waals surface area contributed by atoms with Gasteiger partial charge in [-0.15, -0.1) is 0 Å². The van der Waals surface area contributed by atoms with Gasteiger partial charge >= 0.3 is 0 Å². The summed E-state index contributed by atoms with van der Waals surface area (Å²) in [5.41, 5.74) is -0.469. The Morgan fingerprint density at radius 3 is 2.60 bits per heavy atom. The number of carbonyl (C=O) groups is 1. The van der Waals surface area contributed by atoms with E-state index in [4.69, 9.17) is 0 Å². The Kier molecular flexibility index (Phi) is 3.26. The first-order chi connectivity index (χ1) is 9.66. The second kappa shape index (κ2) is 5.07. The molecule has 5 heteroatoms. The average molecular weight is 272 g/mol. The normalized spacial score (nSPS) is 18.8. The van der Waals surface area contributed by atoms with Gasteiger partial charge in [0.2, 0.25) is 0 Å². The number of ketones is 1. The highest BCUT2D eigenvalue weighted by Gasteiger charge is 2.24. The SMILES string of the molecule is O=C1CCCC1CCn1[nH]c(=O)c2ccccc2c1=O. The number of aromatic amines is 1. The number of nitrogens with one attached hydrogen (secondary N) is 1. The van der Waals surface area contributed by atoms with E-state index in [0.29, 0.717) is 30.2 Å². The number of rotatable bonds is 3. The minimum Gasteiger partial charge on any atom is -0.299 e. The molecule has 1 fully saturated rings. The van der Waals surface area contributed by atoms with Gasteiger partial charge in [0.1, 0.15) is 5.78 Å². The highest BCUT2D eigenvalue weighted by molar-refractivity contribution is 5.82. The van der Waals surface area contributed by atoms with Gasteiger partial charge in [-0.05, 0) is 31.4 Å². The molecule has 1 aromatic heterocycles. The van der Waals surface area contributed by atoms with Crippen molar-refractivity contribution in [3.05, 3.63) is 45.0 Å². The minimum atomic E-state index is -0.266. The van der Waals surface area contributed by atoms with Gasteiger partial charge in [0.25, 0.3) is 11.1 Å². The van der Waals surface area contributed by atoms with Crippen LogP contribution in [0.2, 0.25) is 0 Å². The summed E-state index contributed by atoms with van der Waals surface area (Å²) in [6.07, 6.45) is 3.10. The molecule has 0 saturated heterocycles. The molecule has 5 nitrogen and oxygen atoms in total. The number of hydrogen-bond acceptors (Lipinski definition) is 3. The molecule has 1 aromatic carbocycles. The predicted molar refractivity (Wildman–Crippen MR) is 75.8 cm³/mol. The molecule has 1 N–H and O–H groups in total. The zero-order valence-corrected chi connectivity index (χ0v) is 11.1. The zero-order valence-electron chi connectivity index (χ0n) is 11.1. The number of fused-ring (bicyclic) bond motifs is 1. The van der Waals surface area contributed by atoms with Crippen molar-refractivity contribution >= 4 is 16.6 Å². The lowest BCUT2D eigenvalue weighted by molar-refractivity contribution is -0.120. The van der Waals surface area contributed by atoms with Gasteiger partial charge in [0, 0.05) is 18.9 Å². The monoisotopic (exact) mass is 272 g/mol. The maximum absolute atomic E-state index is 12.3. The highest BCUT2D eigenvalue weighted by Crippen LogP contribution is 2.24. The van der Waals surface area contributed by atoms with Gasteiger partial charge in [-0.3, -0.25) is 19.5 Å². The molecule has 20 heavy (non-hydrogen) atoms. The summed E-state index contributed by atoms with van der Waals surface area (Å²) >= 11 is 0.